The maximum absolute atomic E-state index is 3.59. The molecule has 1 aromatic carbocycles. The van der Waals surface area contributed by atoms with E-state index in [1.165, 1.54) is 5.56 Å². The third-order valence-corrected chi connectivity index (χ3v) is 5.04. The molecule has 68 valence electrons. The zero-order valence-electron chi connectivity index (χ0n) is 8.54. The second-order valence-corrected chi connectivity index (χ2v) is 10.3. The van der Waals surface area contributed by atoms with Crippen LogP contribution in [0.2, 0.25) is 25.2 Å². The van der Waals surface area contributed by atoms with Crippen LogP contribution in [-0.2, 0) is 0 Å². The molecular formula is C12H16Si. The molecule has 0 amide bonds. The van der Waals surface area contributed by atoms with Gasteiger partial charge in [-0.05, 0) is 23.4 Å². The van der Waals surface area contributed by atoms with Crippen molar-refractivity contribution in [3.05, 3.63) is 42.3 Å². The number of hydrogen-bond donors (Lipinski definition) is 0. The lowest BCUT2D eigenvalue weighted by atomic mass is 10.1. The Labute approximate surface area is 82.0 Å². The summed E-state index contributed by atoms with van der Waals surface area (Å²) in [5.74, 6) is 0.646. The maximum atomic E-state index is 3.59. The molecule has 2 radical (unpaired) electrons. The molecule has 0 spiro atoms. The third kappa shape index (κ3) is 1.85. The first-order valence-corrected chi connectivity index (χ1v) is 8.48. The van der Waals surface area contributed by atoms with E-state index in [1.54, 1.807) is 0 Å². The van der Waals surface area contributed by atoms with Gasteiger partial charge in [0.2, 0.25) is 0 Å². The molecule has 0 N–H and O–H groups in total. The molecule has 0 nitrogen and oxygen atoms in total. The van der Waals surface area contributed by atoms with Gasteiger partial charge in [-0.2, -0.15) is 0 Å². The van der Waals surface area contributed by atoms with Gasteiger partial charge in [0.1, 0.15) is 0 Å². The van der Waals surface area contributed by atoms with Gasteiger partial charge in [0, 0.05) is 8.07 Å². The van der Waals surface area contributed by atoms with E-state index in [0.717, 1.165) is 5.54 Å². The average Bonchev–Trinajstić information content (AvgIpc) is 2.83. The Balaban J connectivity index is 2.09. The highest BCUT2D eigenvalue weighted by molar-refractivity contribution is 6.79. The van der Waals surface area contributed by atoms with Gasteiger partial charge >= 0.3 is 0 Å². The molecule has 0 aromatic heterocycles. The molecule has 0 unspecified atom stereocenters. The highest BCUT2D eigenvalue weighted by Crippen LogP contribution is 2.56. The standard InChI is InChI=1S/C12H16Si/c1-13(2,3)12-9-11(12)10-7-5-4-6-8-10/h4-8,11-12H,1-3H3/t11-,12-/m1/s1. The fourth-order valence-corrected chi connectivity index (χ4v) is 3.71. The summed E-state index contributed by atoms with van der Waals surface area (Å²) < 4.78 is 0. The average molecular weight is 188 g/mol. The van der Waals surface area contributed by atoms with Crippen molar-refractivity contribution in [2.24, 2.45) is 0 Å². The fourth-order valence-electron chi connectivity index (χ4n) is 1.84. The topological polar surface area (TPSA) is 0 Å². The minimum atomic E-state index is -0.980. The molecule has 0 aliphatic heterocycles. The first-order valence-electron chi connectivity index (χ1n) is 4.90. The molecule has 2 atom stereocenters. The summed E-state index contributed by atoms with van der Waals surface area (Å²) in [6, 6.07) is 10.8. The van der Waals surface area contributed by atoms with E-state index in [4.69, 9.17) is 0 Å². The number of hydrogen-bond acceptors (Lipinski definition) is 0. The Hall–Kier alpha value is -0.563. The summed E-state index contributed by atoms with van der Waals surface area (Å²) in [4.78, 5) is 0. The molecule has 2 rings (SSSR count). The second kappa shape index (κ2) is 2.98. The van der Waals surface area contributed by atoms with Gasteiger partial charge in [-0.3, -0.25) is 0 Å². The molecule has 1 saturated carbocycles. The quantitative estimate of drug-likeness (QED) is 0.622. The van der Waals surface area contributed by atoms with E-state index in [9.17, 15) is 0 Å². The predicted octanol–water partition coefficient (Wildman–Crippen LogP) is 3.57. The van der Waals surface area contributed by atoms with Gasteiger partial charge in [0.05, 0.1) is 0 Å². The van der Waals surface area contributed by atoms with Crippen LogP contribution in [0.5, 0.6) is 0 Å². The van der Waals surface area contributed by atoms with Crippen molar-refractivity contribution < 1.29 is 0 Å². The van der Waals surface area contributed by atoms with E-state index < -0.39 is 8.07 Å². The summed E-state index contributed by atoms with van der Waals surface area (Å²) in [6.07, 6.45) is 3.59. The van der Waals surface area contributed by atoms with Crippen molar-refractivity contribution in [3.63, 3.8) is 0 Å². The van der Waals surface area contributed by atoms with Gasteiger partial charge in [-0.25, -0.2) is 0 Å². The Morgan fingerprint density at radius 3 is 2.15 bits per heavy atom. The predicted molar refractivity (Wildman–Crippen MR) is 59.5 cm³/mol. The summed E-state index contributed by atoms with van der Waals surface area (Å²) in [5.41, 5.74) is 2.24. The number of benzene rings is 1. The molecule has 1 heteroatoms. The van der Waals surface area contributed by atoms with Gasteiger partial charge in [-0.1, -0.05) is 50.0 Å². The SMILES string of the molecule is C[Si](C)(C)[C@@H]1[C][C@@H]1c1ccccc1. The first-order chi connectivity index (χ1) is 6.09. The summed E-state index contributed by atoms with van der Waals surface area (Å²) >= 11 is 0. The zero-order chi connectivity index (χ0) is 9.47. The van der Waals surface area contributed by atoms with Crippen LogP contribution in [0.4, 0.5) is 0 Å². The van der Waals surface area contributed by atoms with Crippen LogP contribution >= 0.6 is 0 Å². The molecule has 1 aromatic rings. The molecule has 0 bridgehead atoms. The van der Waals surface area contributed by atoms with Gasteiger partial charge < -0.3 is 0 Å². The lowest BCUT2D eigenvalue weighted by Gasteiger charge is -2.15. The van der Waals surface area contributed by atoms with Crippen LogP contribution in [-0.4, -0.2) is 8.07 Å². The second-order valence-electron chi connectivity index (χ2n) is 4.90. The Kier molecular flexibility index (Phi) is 2.07. The zero-order valence-corrected chi connectivity index (χ0v) is 9.54. The van der Waals surface area contributed by atoms with Crippen molar-refractivity contribution in [1.82, 2.24) is 0 Å². The lowest BCUT2D eigenvalue weighted by Crippen LogP contribution is -2.20. The largest absolute Gasteiger partial charge is 0.0693 e. The molecule has 0 saturated heterocycles. The van der Waals surface area contributed by atoms with Crippen LogP contribution < -0.4 is 0 Å². The molecule has 1 aliphatic rings. The van der Waals surface area contributed by atoms with Crippen molar-refractivity contribution in [2.75, 3.05) is 0 Å². The van der Waals surface area contributed by atoms with Crippen molar-refractivity contribution >= 4 is 8.07 Å². The highest BCUT2D eigenvalue weighted by Gasteiger charge is 2.47. The van der Waals surface area contributed by atoms with Crippen LogP contribution in [0.25, 0.3) is 0 Å². The molecule has 13 heavy (non-hydrogen) atoms. The third-order valence-electron chi connectivity index (χ3n) is 2.68. The monoisotopic (exact) mass is 188 g/mol. The van der Waals surface area contributed by atoms with Crippen LogP contribution in [0, 0.1) is 6.42 Å². The summed E-state index contributed by atoms with van der Waals surface area (Å²) in [7, 11) is -0.980. The van der Waals surface area contributed by atoms with Crippen molar-refractivity contribution in [1.29, 1.82) is 0 Å². The van der Waals surface area contributed by atoms with E-state index in [1.807, 2.05) is 0 Å². The Morgan fingerprint density at radius 1 is 1.08 bits per heavy atom. The van der Waals surface area contributed by atoms with E-state index in [2.05, 4.69) is 56.4 Å². The smallest absolute Gasteiger partial charge is 0.0487 e. The first kappa shape index (κ1) is 9.01. The van der Waals surface area contributed by atoms with Crippen LogP contribution in [0.15, 0.2) is 30.3 Å². The molecular weight excluding hydrogens is 172 g/mol. The van der Waals surface area contributed by atoms with Crippen molar-refractivity contribution in [2.45, 2.75) is 31.1 Å². The molecule has 1 aliphatic carbocycles. The summed E-state index contributed by atoms with van der Waals surface area (Å²) in [5, 5.41) is 0. The van der Waals surface area contributed by atoms with Gasteiger partial charge in [-0.15, -0.1) is 0 Å². The Bertz CT molecular complexity index is 284. The van der Waals surface area contributed by atoms with Crippen molar-refractivity contribution in [3.8, 4) is 0 Å². The molecule has 0 heterocycles. The fraction of sp³-hybridized carbons (Fsp3) is 0.417. The highest BCUT2D eigenvalue weighted by atomic mass is 28.3. The van der Waals surface area contributed by atoms with E-state index in [-0.39, 0.29) is 0 Å². The Morgan fingerprint density at radius 2 is 1.69 bits per heavy atom. The van der Waals surface area contributed by atoms with Crippen LogP contribution in [0.3, 0.4) is 0 Å². The van der Waals surface area contributed by atoms with Crippen LogP contribution in [0.1, 0.15) is 11.5 Å². The van der Waals surface area contributed by atoms with E-state index >= 15 is 0 Å². The molecule has 1 fully saturated rings. The maximum Gasteiger partial charge on any atom is 0.0487 e. The van der Waals surface area contributed by atoms with Gasteiger partial charge in [0.15, 0.2) is 0 Å². The van der Waals surface area contributed by atoms with E-state index in [0.29, 0.717) is 5.92 Å². The summed E-state index contributed by atoms with van der Waals surface area (Å²) in [6.45, 7) is 7.27. The number of rotatable bonds is 2. The normalized spacial score (nSPS) is 27.3. The minimum Gasteiger partial charge on any atom is -0.0693 e. The lowest BCUT2D eigenvalue weighted by molar-refractivity contribution is 1.12. The minimum absolute atomic E-state index is 0.646. The van der Waals surface area contributed by atoms with Gasteiger partial charge in [0.25, 0.3) is 0 Å².